The summed E-state index contributed by atoms with van der Waals surface area (Å²) in [6.07, 6.45) is 2.62. The number of hydrogen-bond acceptors (Lipinski definition) is 3. The standard InChI is InChI=1S/C13H13NO3/c1-3-14-7-10(8-15)11-5-4-9(6-12(11)14)13(16)17-2/h4-8H,3H2,1-2H3. The van der Waals surface area contributed by atoms with Crippen molar-refractivity contribution in [2.24, 2.45) is 0 Å². The van der Waals surface area contributed by atoms with E-state index in [-0.39, 0.29) is 5.97 Å². The Morgan fingerprint density at radius 3 is 2.82 bits per heavy atom. The number of carbonyl (C=O) groups excluding carboxylic acids is 2. The number of hydrogen-bond donors (Lipinski definition) is 0. The Morgan fingerprint density at radius 2 is 2.24 bits per heavy atom. The van der Waals surface area contributed by atoms with Crippen LogP contribution in [0.4, 0.5) is 0 Å². The van der Waals surface area contributed by atoms with Crippen molar-refractivity contribution < 1.29 is 14.3 Å². The van der Waals surface area contributed by atoms with Crippen LogP contribution in [-0.4, -0.2) is 23.9 Å². The number of aldehydes is 1. The summed E-state index contributed by atoms with van der Waals surface area (Å²) in [5.41, 5.74) is 2.00. The number of esters is 1. The number of ether oxygens (including phenoxy) is 1. The predicted octanol–water partition coefficient (Wildman–Crippen LogP) is 2.26. The lowest BCUT2D eigenvalue weighted by atomic mass is 10.1. The molecule has 0 bridgehead atoms. The van der Waals surface area contributed by atoms with E-state index >= 15 is 0 Å². The number of benzene rings is 1. The van der Waals surface area contributed by atoms with Crippen LogP contribution in [0.25, 0.3) is 10.9 Å². The molecule has 4 heteroatoms. The third kappa shape index (κ3) is 1.82. The van der Waals surface area contributed by atoms with Crippen LogP contribution in [0.3, 0.4) is 0 Å². The maximum atomic E-state index is 11.4. The number of fused-ring (bicyclic) bond motifs is 1. The van der Waals surface area contributed by atoms with Crippen molar-refractivity contribution in [3.8, 4) is 0 Å². The molecule has 88 valence electrons. The molecule has 0 spiro atoms. The van der Waals surface area contributed by atoms with Gasteiger partial charge in [0.25, 0.3) is 0 Å². The highest BCUT2D eigenvalue weighted by Crippen LogP contribution is 2.22. The Hall–Kier alpha value is -2.10. The number of rotatable bonds is 3. The van der Waals surface area contributed by atoms with Crippen LogP contribution in [0.15, 0.2) is 24.4 Å². The van der Waals surface area contributed by atoms with Gasteiger partial charge in [0.05, 0.1) is 12.7 Å². The van der Waals surface area contributed by atoms with Gasteiger partial charge in [-0.1, -0.05) is 6.07 Å². The molecule has 0 radical (unpaired) electrons. The second-order valence-electron chi connectivity index (χ2n) is 3.71. The molecule has 0 aliphatic rings. The lowest BCUT2D eigenvalue weighted by Crippen LogP contribution is -2.01. The van der Waals surface area contributed by atoms with Crippen LogP contribution in [0.5, 0.6) is 0 Å². The van der Waals surface area contributed by atoms with Crippen molar-refractivity contribution in [2.75, 3.05) is 7.11 Å². The van der Waals surface area contributed by atoms with E-state index in [9.17, 15) is 9.59 Å². The average molecular weight is 231 g/mol. The van der Waals surface area contributed by atoms with Crippen molar-refractivity contribution in [2.45, 2.75) is 13.5 Å². The first-order valence-corrected chi connectivity index (χ1v) is 5.37. The summed E-state index contributed by atoms with van der Waals surface area (Å²) >= 11 is 0. The van der Waals surface area contributed by atoms with Crippen molar-refractivity contribution >= 4 is 23.2 Å². The fraction of sp³-hybridized carbons (Fsp3) is 0.231. The Labute approximate surface area is 98.8 Å². The van der Waals surface area contributed by atoms with E-state index in [4.69, 9.17) is 0 Å². The molecule has 0 aliphatic carbocycles. The molecule has 0 amide bonds. The average Bonchev–Trinajstić information content (AvgIpc) is 2.74. The smallest absolute Gasteiger partial charge is 0.337 e. The lowest BCUT2D eigenvalue weighted by Gasteiger charge is -2.02. The molecule has 1 aromatic carbocycles. The van der Waals surface area contributed by atoms with Gasteiger partial charge in [0.15, 0.2) is 6.29 Å². The first-order valence-electron chi connectivity index (χ1n) is 5.37. The van der Waals surface area contributed by atoms with Gasteiger partial charge in [-0.05, 0) is 19.1 Å². The van der Waals surface area contributed by atoms with Crippen LogP contribution in [0, 0.1) is 0 Å². The number of aryl methyl sites for hydroxylation is 1. The second kappa shape index (κ2) is 4.41. The zero-order valence-electron chi connectivity index (χ0n) is 9.77. The second-order valence-corrected chi connectivity index (χ2v) is 3.71. The number of nitrogens with zero attached hydrogens (tertiary/aromatic N) is 1. The van der Waals surface area contributed by atoms with Crippen LogP contribution < -0.4 is 0 Å². The van der Waals surface area contributed by atoms with E-state index in [1.165, 1.54) is 7.11 Å². The molecule has 0 saturated heterocycles. The van der Waals surface area contributed by atoms with Crippen molar-refractivity contribution in [1.82, 2.24) is 4.57 Å². The third-order valence-electron chi connectivity index (χ3n) is 2.80. The topological polar surface area (TPSA) is 48.3 Å². The molecule has 0 N–H and O–H groups in total. The normalized spacial score (nSPS) is 10.5. The molecule has 4 nitrogen and oxygen atoms in total. The quantitative estimate of drug-likeness (QED) is 0.601. The molecule has 0 atom stereocenters. The summed E-state index contributed by atoms with van der Waals surface area (Å²) in [7, 11) is 1.35. The molecule has 0 unspecified atom stereocenters. The van der Waals surface area contributed by atoms with Gasteiger partial charge in [-0.2, -0.15) is 0 Å². The Balaban J connectivity index is 2.67. The molecular formula is C13H13NO3. The van der Waals surface area contributed by atoms with E-state index < -0.39 is 0 Å². The Kier molecular flexibility index (Phi) is 2.95. The zero-order valence-corrected chi connectivity index (χ0v) is 9.77. The fourth-order valence-corrected chi connectivity index (χ4v) is 1.92. The maximum Gasteiger partial charge on any atom is 0.337 e. The summed E-state index contributed by atoms with van der Waals surface area (Å²) in [6.45, 7) is 2.73. The third-order valence-corrected chi connectivity index (χ3v) is 2.80. The molecule has 1 aromatic heterocycles. The van der Waals surface area contributed by atoms with E-state index in [1.807, 2.05) is 11.5 Å². The number of carbonyl (C=O) groups is 2. The van der Waals surface area contributed by atoms with E-state index in [2.05, 4.69) is 4.74 Å². The monoisotopic (exact) mass is 231 g/mol. The minimum Gasteiger partial charge on any atom is -0.465 e. The zero-order chi connectivity index (χ0) is 12.4. The highest BCUT2D eigenvalue weighted by molar-refractivity contribution is 6.01. The van der Waals surface area contributed by atoms with Gasteiger partial charge in [0.2, 0.25) is 0 Å². The lowest BCUT2D eigenvalue weighted by molar-refractivity contribution is 0.0601. The first-order chi connectivity index (χ1) is 8.21. The molecule has 0 saturated carbocycles. The van der Waals surface area contributed by atoms with Crippen LogP contribution in [0.2, 0.25) is 0 Å². The Bertz CT molecular complexity index is 584. The summed E-state index contributed by atoms with van der Waals surface area (Å²) < 4.78 is 6.61. The van der Waals surface area contributed by atoms with Gasteiger partial charge in [0, 0.05) is 29.2 Å². The molecule has 1 heterocycles. The largest absolute Gasteiger partial charge is 0.465 e. The fourth-order valence-electron chi connectivity index (χ4n) is 1.92. The SMILES string of the molecule is CCn1cc(C=O)c2ccc(C(=O)OC)cc21. The number of methoxy groups -OCH3 is 1. The minimum absolute atomic E-state index is 0.372. The van der Waals surface area contributed by atoms with E-state index in [1.54, 1.807) is 24.4 Å². The summed E-state index contributed by atoms with van der Waals surface area (Å²) in [5.74, 6) is -0.372. The highest BCUT2D eigenvalue weighted by Gasteiger charge is 2.11. The van der Waals surface area contributed by atoms with Gasteiger partial charge in [-0.3, -0.25) is 4.79 Å². The predicted molar refractivity (Wildman–Crippen MR) is 64.3 cm³/mol. The summed E-state index contributed by atoms with van der Waals surface area (Å²) in [6, 6.07) is 5.19. The Morgan fingerprint density at radius 1 is 1.47 bits per heavy atom. The van der Waals surface area contributed by atoms with Crippen LogP contribution in [-0.2, 0) is 11.3 Å². The van der Waals surface area contributed by atoms with E-state index in [0.717, 1.165) is 23.7 Å². The van der Waals surface area contributed by atoms with Gasteiger partial charge in [0.1, 0.15) is 0 Å². The minimum atomic E-state index is -0.372. The van der Waals surface area contributed by atoms with Gasteiger partial charge in [-0.25, -0.2) is 4.79 Å². The molecule has 0 aliphatic heterocycles. The van der Waals surface area contributed by atoms with E-state index in [0.29, 0.717) is 11.1 Å². The first kappa shape index (κ1) is 11.4. The van der Waals surface area contributed by atoms with Crippen LogP contribution in [0.1, 0.15) is 27.6 Å². The van der Waals surface area contributed by atoms with Crippen molar-refractivity contribution in [3.63, 3.8) is 0 Å². The van der Waals surface area contributed by atoms with Crippen molar-refractivity contribution in [1.29, 1.82) is 0 Å². The highest BCUT2D eigenvalue weighted by atomic mass is 16.5. The van der Waals surface area contributed by atoms with Gasteiger partial charge < -0.3 is 9.30 Å². The molecular weight excluding hydrogens is 218 g/mol. The van der Waals surface area contributed by atoms with Gasteiger partial charge in [-0.15, -0.1) is 0 Å². The molecule has 0 fully saturated rings. The summed E-state index contributed by atoms with van der Waals surface area (Å²) in [4.78, 5) is 22.4. The van der Waals surface area contributed by atoms with Gasteiger partial charge >= 0.3 is 5.97 Å². The maximum absolute atomic E-state index is 11.4. The number of aromatic nitrogens is 1. The van der Waals surface area contributed by atoms with Crippen LogP contribution >= 0.6 is 0 Å². The molecule has 2 aromatic rings. The molecule has 2 rings (SSSR count). The molecule has 17 heavy (non-hydrogen) atoms. The summed E-state index contributed by atoms with van der Waals surface area (Å²) in [5, 5.41) is 0.856. The van der Waals surface area contributed by atoms with Crippen molar-refractivity contribution in [3.05, 3.63) is 35.5 Å².